The van der Waals surface area contributed by atoms with Crippen LogP contribution in [0.15, 0.2) is 0 Å². The molecule has 3 heteroatoms. The third-order valence-electron chi connectivity index (χ3n) is 5.67. The molecule has 1 fully saturated rings. The molecule has 2 amide bonds. The molecule has 1 aliphatic rings. The van der Waals surface area contributed by atoms with Gasteiger partial charge in [-0.3, -0.25) is 14.5 Å². The van der Waals surface area contributed by atoms with Gasteiger partial charge in [0.05, 0.1) is 5.92 Å². The van der Waals surface area contributed by atoms with Crippen LogP contribution in [-0.2, 0) is 9.59 Å². The molecule has 1 saturated heterocycles. The topological polar surface area (TPSA) is 37.4 Å². The summed E-state index contributed by atoms with van der Waals surface area (Å²) in [6.07, 6.45) is 3.92. The van der Waals surface area contributed by atoms with Crippen LogP contribution >= 0.6 is 0 Å². The summed E-state index contributed by atoms with van der Waals surface area (Å²) in [5, 5.41) is 0. The second kappa shape index (κ2) is 5.64. The number of nitrogens with zero attached hydrogens (tertiary/aromatic N) is 1. The zero-order chi connectivity index (χ0) is 14.8. The first kappa shape index (κ1) is 16.2. The van der Waals surface area contributed by atoms with Crippen LogP contribution in [0.25, 0.3) is 0 Å². The van der Waals surface area contributed by atoms with E-state index in [1.54, 1.807) is 4.90 Å². The highest BCUT2D eigenvalue weighted by Crippen LogP contribution is 2.44. The van der Waals surface area contributed by atoms with E-state index in [4.69, 9.17) is 0 Å². The van der Waals surface area contributed by atoms with E-state index >= 15 is 0 Å². The highest BCUT2D eigenvalue weighted by molar-refractivity contribution is 6.04. The lowest BCUT2D eigenvalue weighted by Gasteiger charge is -2.38. The van der Waals surface area contributed by atoms with Crippen LogP contribution in [0, 0.1) is 11.3 Å². The van der Waals surface area contributed by atoms with Crippen LogP contribution in [0.5, 0.6) is 0 Å². The normalized spacial score (nSPS) is 21.4. The monoisotopic (exact) mass is 267 g/mol. The van der Waals surface area contributed by atoms with Crippen molar-refractivity contribution in [2.75, 3.05) is 0 Å². The van der Waals surface area contributed by atoms with Crippen LogP contribution in [0.4, 0.5) is 0 Å². The summed E-state index contributed by atoms with van der Waals surface area (Å²) in [5.41, 5.74) is -0.366. The van der Waals surface area contributed by atoms with Crippen molar-refractivity contribution in [1.82, 2.24) is 4.90 Å². The van der Waals surface area contributed by atoms with Crippen LogP contribution < -0.4 is 0 Å². The Morgan fingerprint density at radius 1 is 1.00 bits per heavy atom. The highest BCUT2D eigenvalue weighted by Gasteiger charge is 2.51. The van der Waals surface area contributed by atoms with Crippen molar-refractivity contribution in [3.8, 4) is 0 Å². The molecule has 1 rings (SSSR count). The summed E-state index contributed by atoms with van der Waals surface area (Å²) < 4.78 is 0. The first-order valence-corrected chi connectivity index (χ1v) is 7.66. The Bertz CT molecular complexity index is 354. The summed E-state index contributed by atoms with van der Waals surface area (Å²) in [4.78, 5) is 26.7. The number of carbonyl (C=O) groups is 2. The van der Waals surface area contributed by atoms with Gasteiger partial charge < -0.3 is 0 Å². The minimum Gasteiger partial charge on any atom is -0.276 e. The van der Waals surface area contributed by atoms with E-state index in [-0.39, 0.29) is 28.7 Å². The predicted molar refractivity (Wildman–Crippen MR) is 77.6 cm³/mol. The molecule has 1 aliphatic heterocycles. The second-order valence-corrected chi connectivity index (χ2v) is 6.39. The first-order valence-electron chi connectivity index (χ1n) is 7.66. The number of amides is 2. The number of hydrogen-bond donors (Lipinski definition) is 0. The molecule has 19 heavy (non-hydrogen) atoms. The molecule has 0 aromatic carbocycles. The fourth-order valence-electron chi connectivity index (χ4n) is 3.05. The average molecular weight is 267 g/mol. The SMILES string of the molecule is CCC(C)(CC)C1CC(=O)N(C(C)(CC)CC)C1=O. The quantitative estimate of drug-likeness (QED) is 0.687. The Hall–Kier alpha value is -0.860. The fourth-order valence-corrected chi connectivity index (χ4v) is 3.05. The molecule has 1 heterocycles. The molecule has 1 unspecified atom stereocenters. The minimum atomic E-state index is -0.314. The van der Waals surface area contributed by atoms with E-state index in [2.05, 4.69) is 34.6 Å². The Labute approximate surface area is 117 Å². The largest absolute Gasteiger partial charge is 0.276 e. The minimum absolute atomic E-state index is 0.0225. The van der Waals surface area contributed by atoms with E-state index in [0.717, 1.165) is 25.7 Å². The van der Waals surface area contributed by atoms with Gasteiger partial charge in [-0.1, -0.05) is 34.6 Å². The van der Waals surface area contributed by atoms with Crippen LogP contribution in [0.1, 0.15) is 73.6 Å². The van der Waals surface area contributed by atoms with Gasteiger partial charge in [-0.15, -0.1) is 0 Å². The molecule has 0 N–H and O–H groups in total. The van der Waals surface area contributed by atoms with Crippen LogP contribution in [-0.4, -0.2) is 22.3 Å². The number of likely N-dealkylation sites (tertiary alicyclic amines) is 1. The maximum absolute atomic E-state index is 12.7. The fraction of sp³-hybridized carbons (Fsp3) is 0.875. The molecular weight excluding hydrogens is 238 g/mol. The molecule has 3 nitrogen and oxygen atoms in total. The molecule has 1 atom stereocenters. The molecule has 0 spiro atoms. The molecule has 0 radical (unpaired) electrons. The average Bonchev–Trinajstić information content (AvgIpc) is 2.73. The number of imide groups is 1. The van der Waals surface area contributed by atoms with Crippen molar-refractivity contribution >= 4 is 11.8 Å². The maximum Gasteiger partial charge on any atom is 0.233 e. The van der Waals surface area contributed by atoms with E-state index in [0.29, 0.717) is 6.42 Å². The zero-order valence-corrected chi connectivity index (χ0v) is 13.4. The van der Waals surface area contributed by atoms with Gasteiger partial charge in [-0.25, -0.2) is 0 Å². The third kappa shape index (κ3) is 2.56. The molecule has 0 bridgehead atoms. The van der Waals surface area contributed by atoms with Gasteiger partial charge >= 0.3 is 0 Å². The standard InChI is InChI=1S/C16H29NO2/c1-7-15(5,8-2)12-11-13(18)17(14(12)19)16(6,9-3)10-4/h12H,7-11H2,1-6H3. The number of rotatable bonds is 6. The van der Waals surface area contributed by atoms with Crippen LogP contribution in [0.3, 0.4) is 0 Å². The van der Waals surface area contributed by atoms with Crippen molar-refractivity contribution in [2.24, 2.45) is 11.3 Å². The van der Waals surface area contributed by atoms with E-state index in [9.17, 15) is 9.59 Å². The smallest absolute Gasteiger partial charge is 0.233 e. The summed E-state index contributed by atoms with van der Waals surface area (Å²) in [7, 11) is 0. The summed E-state index contributed by atoms with van der Waals surface area (Å²) in [6, 6.07) is 0. The maximum atomic E-state index is 12.7. The van der Waals surface area contributed by atoms with Gasteiger partial charge in [0.25, 0.3) is 0 Å². The van der Waals surface area contributed by atoms with Crippen molar-refractivity contribution in [3.05, 3.63) is 0 Å². The van der Waals surface area contributed by atoms with E-state index in [1.807, 2.05) is 6.92 Å². The molecule has 0 aromatic heterocycles. The lowest BCUT2D eigenvalue weighted by molar-refractivity contribution is -0.147. The van der Waals surface area contributed by atoms with Crippen molar-refractivity contribution in [2.45, 2.75) is 79.2 Å². The van der Waals surface area contributed by atoms with Crippen molar-refractivity contribution in [1.29, 1.82) is 0 Å². The molecule has 0 aromatic rings. The number of carbonyl (C=O) groups excluding carboxylic acids is 2. The molecule has 0 saturated carbocycles. The third-order valence-corrected chi connectivity index (χ3v) is 5.67. The Morgan fingerprint density at radius 2 is 1.47 bits per heavy atom. The van der Waals surface area contributed by atoms with E-state index < -0.39 is 0 Å². The van der Waals surface area contributed by atoms with Crippen molar-refractivity contribution in [3.63, 3.8) is 0 Å². The van der Waals surface area contributed by atoms with E-state index in [1.165, 1.54) is 0 Å². The van der Waals surface area contributed by atoms with Gasteiger partial charge in [0.15, 0.2) is 0 Å². The molecule has 110 valence electrons. The predicted octanol–water partition coefficient (Wildman–Crippen LogP) is 3.77. The lowest BCUT2D eigenvalue weighted by atomic mass is 9.72. The van der Waals surface area contributed by atoms with Crippen molar-refractivity contribution < 1.29 is 9.59 Å². The lowest BCUT2D eigenvalue weighted by Crippen LogP contribution is -2.50. The summed E-state index contributed by atoms with van der Waals surface area (Å²) in [5.74, 6) is -0.0517. The van der Waals surface area contributed by atoms with Gasteiger partial charge in [-0.05, 0) is 38.0 Å². The summed E-state index contributed by atoms with van der Waals surface area (Å²) >= 11 is 0. The molecular formula is C16H29NO2. The van der Waals surface area contributed by atoms with Gasteiger partial charge in [0, 0.05) is 12.0 Å². The van der Waals surface area contributed by atoms with Gasteiger partial charge in [0.1, 0.15) is 0 Å². The highest BCUT2D eigenvalue weighted by atomic mass is 16.2. The van der Waals surface area contributed by atoms with Gasteiger partial charge in [-0.2, -0.15) is 0 Å². The molecule has 0 aliphatic carbocycles. The first-order chi connectivity index (χ1) is 8.79. The number of hydrogen-bond acceptors (Lipinski definition) is 2. The second-order valence-electron chi connectivity index (χ2n) is 6.39. The van der Waals surface area contributed by atoms with Crippen LogP contribution in [0.2, 0.25) is 0 Å². The summed E-state index contributed by atoms with van der Waals surface area (Å²) in [6.45, 7) is 12.5. The van der Waals surface area contributed by atoms with Gasteiger partial charge in [0.2, 0.25) is 11.8 Å². The zero-order valence-electron chi connectivity index (χ0n) is 13.4. The Morgan fingerprint density at radius 3 is 1.84 bits per heavy atom. The Balaban J connectivity index is 3.09. The Kier molecular flexibility index (Phi) is 4.81.